The van der Waals surface area contributed by atoms with Crippen LogP contribution in [-0.4, -0.2) is 24.2 Å². The van der Waals surface area contributed by atoms with E-state index in [9.17, 15) is 0 Å². The van der Waals surface area contributed by atoms with Crippen LogP contribution in [0.25, 0.3) is 21.3 Å². The highest BCUT2D eigenvalue weighted by atomic mass is 35.5. The van der Waals surface area contributed by atoms with E-state index in [1.54, 1.807) is 31.9 Å². The highest BCUT2D eigenvalue weighted by molar-refractivity contribution is 7.17. The minimum atomic E-state index is 0.670. The average Bonchev–Trinajstić information content (AvgIpc) is 3.15. The molecule has 0 spiro atoms. The van der Waals surface area contributed by atoms with Crippen molar-refractivity contribution in [2.24, 2.45) is 0 Å². The summed E-state index contributed by atoms with van der Waals surface area (Å²) in [5.41, 5.74) is 4.03. The van der Waals surface area contributed by atoms with Crippen molar-refractivity contribution in [3.63, 3.8) is 0 Å². The normalized spacial score (nSPS) is 10.9. The Bertz CT molecular complexity index is 1160. The summed E-state index contributed by atoms with van der Waals surface area (Å²) >= 11 is 7.75. The number of aryl methyl sites for hydroxylation is 1. The number of aromatic nitrogens is 2. The largest absolute Gasteiger partial charge is 0.493 e. The molecule has 0 bridgehead atoms. The molecule has 2 aromatic heterocycles. The Morgan fingerprint density at radius 1 is 1.00 bits per heavy atom. The third-order valence-corrected chi connectivity index (χ3v) is 5.64. The molecule has 4 rings (SSSR count). The van der Waals surface area contributed by atoms with Crippen LogP contribution in [0.3, 0.4) is 0 Å². The smallest absolute Gasteiger partial charge is 0.161 e. The molecule has 142 valence electrons. The van der Waals surface area contributed by atoms with Gasteiger partial charge in [-0.3, -0.25) is 0 Å². The lowest BCUT2D eigenvalue weighted by molar-refractivity contribution is 0.355. The molecule has 7 heteroatoms. The minimum absolute atomic E-state index is 0.670. The Balaban J connectivity index is 1.85. The van der Waals surface area contributed by atoms with Gasteiger partial charge in [0.1, 0.15) is 17.0 Å². The first-order chi connectivity index (χ1) is 13.6. The first kappa shape index (κ1) is 18.5. The third kappa shape index (κ3) is 3.37. The molecule has 0 saturated carbocycles. The summed E-state index contributed by atoms with van der Waals surface area (Å²) in [6.45, 7) is 2.03. The van der Waals surface area contributed by atoms with Crippen LogP contribution in [0.5, 0.6) is 11.5 Å². The Kier molecular flexibility index (Phi) is 5.07. The summed E-state index contributed by atoms with van der Waals surface area (Å²) in [5, 5.41) is 7.13. The first-order valence-corrected chi connectivity index (χ1v) is 9.84. The molecule has 0 aliphatic heterocycles. The maximum atomic E-state index is 6.17. The van der Waals surface area contributed by atoms with Gasteiger partial charge in [0.05, 0.1) is 19.6 Å². The predicted molar refractivity (Wildman–Crippen MR) is 115 cm³/mol. The molecule has 5 nitrogen and oxygen atoms in total. The van der Waals surface area contributed by atoms with E-state index in [0.717, 1.165) is 38.4 Å². The number of rotatable bonds is 5. The lowest BCUT2D eigenvalue weighted by Gasteiger charge is -2.12. The standard InChI is InChI=1S/C21H18ClN3O2S/c1-12-4-6-14(22)9-16(12)25-20-19-15(10-28-21(19)24-11-23-20)13-5-7-17(26-2)18(8-13)27-3/h4-11H,1-3H3,(H,23,24,25). The van der Waals surface area contributed by atoms with Gasteiger partial charge in [-0.25, -0.2) is 9.97 Å². The molecule has 28 heavy (non-hydrogen) atoms. The van der Waals surface area contributed by atoms with Crippen molar-refractivity contribution in [1.82, 2.24) is 9.97 Å². The van der Waals surface area contributed by atoms with E-state index in [2.05, 4.69) is 20.7 Å². The van der Waals surface area contributed by atoms with E-state index in [0.29, 0.717) is 16.5 Å². The Morgan fingerprint density at radius 2 is 1.82 bits per heavy atom. The lowest BCUT2D eigenvalue weighted by atomic mass is 10.1. The number of thiophene rings is 1. The van der Waals surface area contributed by atoms with Crippen LogP contribution in [0.2, 0.25) is 5.02 Å². The zero-order chi connectivity index (χ0) is 19.7. The molecule has 0 radical (unpaired) electrons. The molecular weight excluding hydrogens is 394 g/mol. The van der Waals surface area contributed by atoms with Crippen molar-refractivity contribution < 1.29 is 9.47 Å². The van der Waals surface area contributed by atoms with Gasteiger partial charge >= 0.3 is 0 Å². The van der Waals surface area contributed by atoms with E-state index >= 15 is 0 Å². The maximum Gasteiger partial charge on any atom is 0.161 e. The predicted octanol–water partition coefficient (Wildman–Crippen LogP) is 6.08. The monoisotopic (exact) mass is 411 g/mol. The molecule has 2 aromatic carbocycles. The fraction of sp³-hybridized carbons (Fsp3) is 0.143. The van der Waals surface area contributed by atoms with Crippen LogP contribution in [-0.2, 0) is 0 Å². The summed E-state index contributed by atoms with van der Waals surface area (Å²) in [5.74, 6) is 2.10. The van der Waals surface area contributed by atoms with Gasteiger partial charge in [-0.1, -0.05) is 23.7 Å². The average molecular weight is 412 g/mol. The van der Waals surface area contributed by atoms with Crippen LogP contribution >= 0.6 is 22.9 Å². The van der Waals surface area contributed by atoms with Crippen molar-refractivity contribution in [1.29, 1.82) is 0 Å². The number of ether oxygens (including phenoxy) is 2. The quantitative estimate of drug-likeness (QED) is 0.431. The second kappa shape index (κ2) is 7.66. The van der Waals surface area contributed by atoms with Crippen molar-refractivity contribution >= 4 is 44.7 Å². The maximum absolute atomic E-state index is 6.17. The van der Waals surface area contributed by atoms with Gasteiger partial charge in [-0.2, -0.15) is 0 Å². The van der Waals surface area contributed by atoms with Gasteiger partial charge in [0.25, 0.3) is 0 Å². The number of benzene rings is 2. The zero-order valence-corrected chi connectivity index (χ0v) is 17.2. The highest BCUT2D eigenvalue weighted by Crippen LogP contribution is 2.40. The van der Waals surface area contributed by atoms with Crippen LogP contribution in [0, 0.1) is 6.92 Å². The second-order valence-electron chi connectivity index (χ2n) is 6.21. The van der Waals surface area contributed by atoms with E-state index in [4.69, 9.17) is 21.1 Å². The summed E-state index contributed by atoms with van der Waals surface area (Å²) in [6, 6.07) is 11.6. The molecule has 4 aromatic rings. The van der Waals surface area contributed by atoms with Crippen LogP contribution < -0.4 is 14.8 Å². The molecule has 0 saturated heterocycles. The van der Waals surface area contributed by atoms with E-state index in [1.165, 1.54) is 0 Å². The lowest BCUT2D eigenvalue weighted by Crippen LogP contribution is -1.97. The Hall–Kier alpha value is -2.83. The van der Waals surface area contributed by atoms with Gasteiger partial charge in [-0.05, 0) is 42.3 Å². The molecule has 0 atom stereocenters. The van der Waals surface area contributed by atoms with Crippen LogP contribution in [0.4, 0.5) is 11.5 Å². The van der Waals surface area contributed by atoms with E-state index < -0.39 is 0 Å². The molecule has 0 fully saturated rings. The highest BCUT2D eigenvalue weighted by Gasteiger charge is 2.16. The van der Waals surface area contributed by atoms with Crippen LogP contribution in [0.1, 0.15) is 5.56 Å². The SMILES string of the molecule is COc1ccc(-c2csc3ncnc(Nc4cc(Cl)ccc4C)c23)cc1OC. The number of anilines is 2. The van der Waals surface area contributed by atoms with Gasteiger partial charge < -0.3 is 14.8 Å². The fourth-order valence-corrected chi connectivity index (χ4v) is 4.13. The molecule has 0 amide bonds. The fourth-order valence-electron chi connectivity index (χ4n) is 3.04. The molecule has 1 N–H and O–H groups in total. The van der Waals surface area contributed by atoms with Gasteiger partial charge in [0.2, 0.25) is 0 Å². The van der Waals surface area contributed by atoms with Gasteiger partial charge in [0.15, 0.2) is 11.5 Å². The summed E-state index contributed by atoms with van der Waals surface area (Å²) in [6.07, 6.45) is 1.57. The third-order valence-electron chi connectivity index (χ3n) is 4.52. The minimum Gasteiger partial charge on any atom is -0.493 e. The number of halogens is 1. The summed E-state index contributed by atoms with van der Waals surface area (Å²) in [4.78, 5) is 9.83. The molecule has 2 heterocycles. The van der Waals surface area contributed by atoms with Crippen molar-refractivity contribution in [2.75, 3.05) is 19.5 Å². The number of fused-ring (bicyclic) bond motifs is 1. The van der Waals surface area contributed by atoms with Crippen molar-refractivity contribution in [3.8, 4) is 22.6 Å². The Morgan fingerprint density at radius 3 is 2.61 bits per heavy atom. The van der Waals surface area contributed by atoms with Crippen molar-refractivity contribution in [2.45, 2.75) is 6.92 Å². The van der Waals surface area contributed by atoms with E-state index in [1.807, 2.05) is 43.3 Å². The summed E-state index contributed by atoms with van der Waals surface area (Å²) in [7, 11) is 3.26. The van der Waals surface area contributed by atoms with Crippen LogP contribution in [0.15, 0.2) is 48.1 Å². The first-order valence-electron chi connectivity index (χ1n) is 8.58. The summed E-state index contributed by atoms with van der Waals surface area (Å²) < 4.78 is 10.8. The number of methoxy groups -OCH3 is 2. The number of hydrogen-bond donors (Lipinski definition) is 1. The number of hydrogen-bond acceptors (Lipinski definition) is 6. The molecule has 0 unspecified atom stereocenters. The topological polar surface area (TPSA) is 56.3 Å². The number of nitrogens with one attached hydrogen (secondary N) is 1. The van der Waals surface area contributed by atoms with Gasteiger partial charge in [-0.15, -0.1) is 11.3 Å². The van der Waals surface area contributed by atoms with Gasteiger partial charge in [0, 0.05) is 21.7 Å². The molecule has 0 aliphatic carbocycles. The van der Waals surface area contributed by atoms with E-state index in [-0.39, 0.29) is 0 Å². The zero-order valence-electron chi connectivity index (χ0n) is 15.6. The number of nitrogens with zero attached hydrogens (tertiary/aromatic N) is 2. The molecule has 0 aliphatic rings. The molecular formula is C21H18ClN3O2S. The second-order valence-corrected chi connectivity index (χ2v) is 7.50. The van der Waals surface area contributed by atoms with Crippen molar-refractivity contribution in [3.05, 3.63) is 58.7 Å². The Labute approximate surface area is 171 Å².